The van der Waals surface area contributed by atoms with Crippen molar-refractivity contribution in [3.8, 4) is 0 Å². The lowest BCUT2D eigenvalue weighted by molar-refractivity contribution is 1.13. The highest BCUT2D eigenvalue weighted by Crippen LogP contribution is 1.67. The maximum Gasteiger partial charge on any atom is 0.104 e. The van der Waals surface area contributed by atoms with Crippen LogP contribution in [0.4, 0.5) is 0 Å². The van der Waals surface area contributed by atoms with Crippen molar-refractivity contribution in [3.05, 3.63) is 16.5 Å². The van der Waals surface area contributed by atoms with E-state index in [2.05, 4.69) is 23.1 Å². The molecule has 42 valence electrons. The summed E-state index contributed by atoms with van der Waals surface area (Å²) in [6, 6.07) is 0. The van der Waals surface area contributed by atoms with E-state index in [-0.39, 0.29) is 0 Å². The van der Waals surface area contributed by atoms with Crippen LogP contribution in [-0.2, 0) is 0 Å². The fourth-order valence-corrected chi connectivity index (χ4v) is 0.588. The molecule has 1 heterocycles. The van der Waals surface area contributed by atoms with Gasteiger partial charge in [-0.15, -0.1) is 0 Å². The van der Waals surface area contributed by atoms with E-state index in [9.17, 15) is 0 Å². The van der Waals surface area contributed by atoms with Gasteiger partial charge in [0.15, 0.2) is 0 Å². The summed E-state index contributed by atoms with van der Waals surface area (Å²) in [5.41, 5.74) is 0. The molecule has 0 amide bonds. The van der Waals surface area contributed by atoms with Gasteiger partial charge < -0.3 is 4.98 Å². The molecule has 0 fully saturated rings. The predicted molar refractivity (Wildman–Crippen MR) is 33.6 cm³/mol. The summed E-state index contributed by atoms with van der Waals surface area (Å²) in [7, 11) is 0. The minimum Gasteiger partial charge on any atom is -0.343 e. The first-order chi connectivity index (χ1) is 3.70. The van der Waals surface area contributed by atoms with Gasteiger partial charge in [-0.3, -0.25) is 0 Å². The summed E-state index contributed by atoms with van der Waals surface area (Å²) < 4.78 is 0. The van der Waals surface area contributed by atoms with Crippen molar-refractivity contribution in [2.45, 2.75) is 6.92 Å². The number of hydrogen-bond acceptors (Lipinski definition) is 1. The molecule has 1 N–H and O–H groups in total. The molecule has 0 saturated carbocycles. The summed E-state index contributed by atoms with van der Waals surface area (Å²) in [6.07, 6.45) is 0. The number of aromatic amines is 1. The first kappa shape index (κ1) is 5.09. The Labute approximate surface area is 47.6 Å². The third-order valence-electron chi connectivity index (χ3n) is 0.983. The normalized spacial score (nSPS) is 9.62. The number of nitrogens with one attached hydrogen (secondary N) is 1. The molecule has 2 nitrogen and oxygen atoms in total. The fourth-order valence-electron chi connectivity index (χ4n) is 0.588. The topological polar surface area (TPSA) is 28.7 Å². The lowest BCUT2D eigenvalue weighted by Gasteiger charge is -1.69. The minimum absolute atomic E-state index is 0.738. The highest BCUT2D eigenvalue weighted by molar-refractivity contribution is 5.04. The molecular weight excluding hydrogens is 100 g/mol. The zero-order chi connectivity index (χ0) is 6.15. The molecule has 0 saturated heterocycles. The number of imidazole rings is 1. The average molecular weight is 108 g/mol. The SMILES string of the molecule is C=c1nc(C)[nH]c1=C. The molecule has 1 rings (SSSR count). The fraction of sp³-hybridized carbons (Fsp3) is 0.167. The molecule has 0 aliphatic heterocycles. The summed E-state index contributed by atoms with van der Waals surface area (Å²) in [5.74, 6) is 0.875. The third kappa shape index (κ3) is 0.644. The van der Waals surface area contributed by atoms with Gasteiger partial charge in [-0.25, -0.2) is 4.98 Å². The maximum absolute atomic E-state index is 3.98. The largest absolute Gasteiger partial charge is 0.343 e. The number of hydrogen-bond donors (Lipinski definition) is 1. The molecular formula is C6H8N2. The monoisotopic (exact) mass is 108 g/mol. The van der Waals surface area contributed by atoms with Gasteiger partial charge in [-0.05, 0) is 6.92 Å². The Morgan fingerprint density at radius 1 is 1.50 bits per heavy atom. The number of rotatable bonds is 0. The Balaban J connectivity index is 3.59. The molecule has 2 heteroatoms. The van der Waals surface area contributed by atoms with Crippen molar-refractivity contribution in [3.63, 3.8) is 0 Å². The van der Waals surface area contributed by atoms with Gasteiger partial charge in [-0.1, -0.05) is 13.2 Å². The van der Waals surface area contributed by atoms with Crippen LogP contribution in [0.2, 0.25) is 0 Å². The first-order valence-electron chi connectivity index (χ1n) is 2.40. The van der Waals surface area contributed by atoms with E-state index < -0.39 is 0 Å². The molecule has 1 aromatic heterocycles. The molecule has 0 unspecified atom stereocenters. The Hall–Kier alpha value is -1.05. The Morgan fingerprint density at radius 2 is 2.12 bits per heavy atom. The Morgan fingerprint density at radius 3 is 2.25 bits per heavy atom. The van der Waals surface area contributed by atoms with Gasteiger partial charge in [0, 0.05) is 0 Å². The van der Waals surface area contributed by atoms with E-state index in [0.29, 0.717) is 0 Å². The van der Waals surface area contributed by atoms with E-state index in [1.54, 1.807) is 0 Å². The predicted octanol–water partition coefficient (Wildman–Crippen LogP) is -0.461. The molecule has 0 aromatic carbocycles. The van der Waals surface area contributed by atoms with Crippen LogP contribution >= 0.6 is 0 Å². The molecule has 0 aliphatic rings. The molecule has 0 atom stereocenters. The van der Waals surface area contributed by atoms with Crippen LogP contribution in [-0.4, -0.2) is 9.97 Å². The van der Waals surface area contributed by atoms with Crippen LogP contribution in [0.3, 0.4) is 0 Å². The standard InChI is InChI=1S/C6H8N2/c1-4-5(2)8-6(3)7-4/h1-2H2,3H3,(H,7,8). The molecule has 0 aliphatic carbocycles. The maximum atomic E-state index is 3.98. The summed E-state index contributed by atoms with van der Waals surface area (Å²) in [5, 5.41) is 1.55. The summed E-state index contributed by atoms with van der Waals surface area (Å²) >= 11 is 0. The van der Waals surface area contributed by atoms with Gasteiger partial charge >= 0.3 is 0 Å². The average Bonchev–Trinajstić information content (AvgIpc) is 1.85. The second kappa shape index (κ2) is 1.47. The summed E-state index contributed by atoms with van der Waals surface area (Å²) in [4.78, 5) is 6.90. The van der Waals surface area contributed by atoms with Crippen LogP contribution in [0.25, 0.3) is 13.2 Å². The van der Waals surface area contributed by atoms with Crippen molar-refractivity contribution in [1.29, 1.82) is 0 Å². The highest BCUT2D eigenvalue weighted by Gasteiger charge is 1.83. The molecule has 1 aromatic rings. The lowest BCUT2D eigenvalue weighted by atomic mass is 10.6. The quantitative estimate of drug-likeness (QED) is 0.478. The zero-order valence-electron chi connectivity index (χ0n) is 4.86. The van der Waals surface area contributed by atoms with Crippen molar-refractivity contribution < 1.29 is 0 Å². The van der Waals surface area contributed by atoms with Crippen molar-refractivity contribution >= 4 is 13.2 Å². The van der Waals surface area contributed by atoms with E-state index in [1.165, 1.54) is 0 Å². The number of nitrogens with zero attached hydrogens (tertiary/aromatic N) is 1. The third-order valence-corrected chi connectivity index (χ3v) is 0.983. The van der Waals surface area contributed by atoms with Crippen molar-refractivity contribution in [2.75, 3.05) is 0 Å². The van der Waals surface area contributed by atoms with E-state index >= 15 is 0 Å². The van der Waals surface area contributed by atoms with E-state index in [4.69, 9.17) is 0 Å². The van der Waals surface area contributed by atoms with E-state index in [0.717, 1.165) is 16.5 Å². The lowest BCUT2D eigenvalue weighted by Crippen LogP contribution is -2.19. The molecule has 0 radical (unpaired) electrons. The first-order valence-corrected chi connectivity index (χ1v) is 2.40. The van der Waals surface area contributed by atoms with Gasteiger partial charge in [-0.2, -0.15) is 0 Å². The second-order valence-corrected chi connectivity index (χ2v) is 1.75. The Bertz CT molecular complexity index is 244. The van der Waals surface area contributed by atoms with Crippen LogP contribution < -0.4 is 10.7 Å². The Kier molecular flexibility index (Phi) is 0.938. The van der Waals surface area contributed by atoms with Gasteiger partial charge in [0.2, 0.25) is 0 Å². The van der Waals surface area contributed by atoms with Gasteiger partial charge in [0.05, 0.1) is 10.7 Å². The molecule has 0 spiro atoms. The number of H-pyrrole nitrogens is 1. The second-order valence-electron chi connectivity index (χ2n) is 1.75. The minimum atomic E-state index is 0.738. The van der Waals surface area contributed by atoms with Crippen LogP contribution in [0.15, 0.2) is 0 Å². The van der Waals surface area contributed by atoms with Crippen molar-refractivity contribution in [2.24, 2.45) is 0 Å². The smallest absolute Gasteiger partial charge is 0.104 e. The molecule has 8 heavy (non-hydrogen) atoms. The van der Waals surface area contributed by atoms with Crippen LogP contribution in [0.5, 0.6) is 0 Å². The van der Waals surface area contributed by atoms with Gasteiger partial charge in [0.25, 0.3) is 0 Å². The number of aromatic nitrogens is 2. The van der Waals surface area contributed by atoms with E-state index in [1.807, 2.05) is 6.92 Å². The summed E-state index contributed by atoms with van der Waals surface area (Å²) in [6.45, 7) is 9.17. The highest BCUT2D eigenvalue weighted by atomic mass is 14.9. The zero-order valence-corrected chi connectivity index (χ0v) is 4.86. The van der Waals surface area contributed by atoms with Crippen LogP contribution in [0.1, 0.15) is 5.82 Å². The van der Waals surface area contributed by atoms with Crippen LogP contribution in [0, 0.1) is 6.92 Å². The van der Waals surface area contributed by atoms with Crippen molar-refractivity contribution in [1.82, 2.24) is 9.97 Å². The number of aryl methyl sites for hydroxylation is 1. The molecule has 0 bridgehead atoms. The van der Waals surface area contributed by atoms with Gasteiger partial charge in [0.1, 0.15) is 5.82 Å².